The molecule has 1 fully saturated rings. The number of fused-ring (bicyclic) bond motifs is 1. The summed E-state index contributed by atoms with van der Waals surface area (Å²) in [6, 6.07) is 0.447. The average molecular weight is 277 g/mol. The molecule has 2 N–H and O–H groups in total. The summed E-state index contributed by atoms with van der Waals surface area (Å²) in [4.78, 5) is 24.4. The summed E-state index contributed by atoms with van der Waals surface area (Å²) >= 11 is 0. The van der Waals surface area contributed by atoms with Crippen LogP contribution in [0.1, 0.15) is 25.2 Å². The van der Waals surface area contributed by atoms with E-state index in [0.717, 1.165) is 37.6 Å². The van der Waals surface area contributed by atoms with Crippen molar-refractivity contribution in [1.82, 2.24) is 25.1 Å². The number of carbonyl (C=O) groups excluding carboxylic acids is 1. The van der Waals surface area contributed by atoms with Gasteiger partial charge in [-0.05, 0) is 13.8 Å². The summed E-state index contributed by atoms with van der Waals surface area (Å²) in [5.74, 6) is 0.224. The molecule has 1 aromatic heterocycles. The van der Waals surface area contributed by atoms with Gasteiger partial charge in [-0.25, -0.2) is 4.98 Å². The summed E-state index contributed by atoms with van der Waals surface area (Å²) in [5.41, 5.74) is 2.14. The molecule has 1 atom stereocenters. The lowest BCUT2D eigenvalue weighted by atomic mass is 10.0. The van der Waals surface area contributed by atoms with Gasteiger partial charge in [0.15, 0.2) is 0 Å². The van der Waals surface area contributed by atoms with Gasteiger partial charge >= 0.3 is 0 Å². The molecular formula is C14H23N5O. The first kappa shape index (κ1) is 13.6. The number of aromatic nitrogens is 2. The number of imidazole rings is 1. The highest BCUT2D eigenvalue weighted by molar-refractivity contribution is 5.82. The zero-order valence-corrected chi connectivity index (χ0v) is 12.2. The van der Waals surface area contributed by atoms with E-state index in [9.17, 15) is 4.79 Å². The third-order valence-electron chi connectivity index (χ3n) is 4.38. The van der Waals surface area contributed by atoms with Gasteiger partial charge in [0, 0.05) is 45.2 Å². The predicted molar refractivity (Wildman–Crippen MR) is 76.2 cm³/mol. The molecule has 0 aromatic carbocycles. The quantitative estimate of drug-likeness (QED) is 0.797. The van der Waals surface area contributed by atoms with Gasteiger partial charge in [-0.3, -0.25) is 15.0 Å². The van der Waals surface area contributed by atoms with Crippen LogP contribution in [-0.4, -0.2) is 63.9 Å². The largest absolute Gasteiger partial charge is 0.347 e. The first-order valence-corrected chi connectivity index (χ1v) is 7.42. The van der Waals surface area contributed by atoms with E-state index in [1.807, 2.05) is 4.90 Å². The zero-order chi connectivity index (χ0) is 14.1. The molecule has 0 radical (unpaired) electrons. The van der Waals surface area contributed by atoms with Gasteiger partial charge in [0.1, 0.15) is 0 Å². The summed E-state index contributed by atoms with van der Waals surface area (Å²) in [5, 5.41) is 3.32. The van der Waals surface area contributed by atoms with Crippen LogP contribution in [0.2, 0.25) is 0 Å². The van der Waals surface area contributed by atoms with Gasteiger partial charge in [-0.1, -0.05) is 0 Å². The van der Waals surface area contributed by atoms with Crippen LogP contribution in [-0.2, 0) is 17.8 Å². The van der Waals surface area contributed by atoms with Gasteiger partial charge < -0.3 is 9.88 Å². The minimum atomic E-state index is -0.114. The standard InChI is InChI=1S/C14H23N5O/c1-10(2)18-3-5-19(6-4-18)14(20)12-7-11-13(8-15-12)17-9-16-11/h9-10,12,15H,3-8H2,1-2H3,(H,16,17). The molecule has 110 valence electrons. The first-order chi connectivity index (χ1) is 9.65. The van der Waals surface area contributed by atoms with Crippen molar-refractivity contribution in [3.63, 3.8) is 0 Å². The van der Waals surface area contributed by atoms with E-state index in [2.05, 4.69) is 34.0 Å². The normalized spacial score (nSPS) is 23.9. The average Bonchev–Trinajstić information content (AvgIpc) is 2.94. The number of carbonyl (C=O) groups is 1. The Hall–Kier alpha value is -1.40. The highest BCUT2D eigenvalue weighted by Crippen LogP contribution is 2.15. The van der Waals surface area contributed by atoms with E-state index in [-0.39, 0.29) is 11.9 Å². The fraction of sp³-hybridized carbons (Fsp3) is 0.714. The molecule has 3 heterocycles. The SMILES string of the molecule is CC(C)N1CCN(C(=O)C2Cc3nc[nH]c3CN2)CC1. The fourth-order valence-corrected chi connectivity index (χ4v) is 3.02. The second kappa shape index (κ2) is 5.54. The van der Waals surface area contributed by atoms with Crippen molar-refractivity contribution < 1.29 is 4.79 Å². The monoisotopic (exact) mass is 277 g/mol. The predicted octanol–water partition coefficient (Wildman–Crippen LogP) is -0.0234. The van der Waals surface area contributed by atoms with Gasteiger partial charge in [0.05, 0.1) is 23.8 Å². The van der Waals surface area contributed by atoms with Crippen molar-refractivity contribution in [3.05, 3.63) is 17.7 Å². The zero-order valence-electron chi connectivity index (χ0n) is 12.2. The number of aromatic amines is 1. The topological polar surface area (TPSA) is 64.3 Å². The molecule has 6 heteroatoms. The fourth-order valence-electron chi connectivity index (χ4n) is 3.02. The van der Waals surface area contributed by atoms with E-state index in [4.69, 9.17) is 0 Å². The molecule has 1 aromatic rings. The molecule has 2 aliphatic rings. The number of nitrogens with zero attached hydrogens (tertiary/aromatic N) is 3. The number of rotatable bonds is 2. The van der Waals surface area contributed by atoms with Crippen LogP contribution in [0.15, 0.2) is 6.33 Å². The van der Waals surface area contributed by atoms with Crippen LogP contribution in [0.25, 0.3) is 0 Å². The molecule has 0 bridgehead atoms. The number of nitrogens with one attached hydrogen (secondary N) is 2. The second-order valence-corrected chi connectivity index (χ2v) is 5.92. The molecule has 0 spiro atoms. The van der Waals surface area contributed by atoms with Crippen LogP contribution in [0, 0.1) is 0 Å². The van der Waals surface area contributed by atoms with Gasteiger partial charge in [0.25, 0.3) is 0 Å². The van der Waals surface area contributed by atoms with E-state index in [0.29, 0.717) is 19.0 Å². The molecule has 3 rings (SSSR count). The molecule has 6 nitrogen and oxygen atoms in total. The number of amides is 1. The van der Waals surface area contributed by atoms with E-state index < -0.39 is 0 Å². The highest BCUT2D eigenvalue weighted by atomic mass is 16.2. The maximum absolute atomic E-state index is 12.6. The van der Waals surface area contributed by atoms with E-state index in [1.165, 1.54) is 0 Å². The Labute approximate surface area is 119 Å². The van der Waals surface area contributed by atoms with Crippen molar-refractivity contribution in [3.8, 4) is 0 Å². The Morgan fingerprint density at radius 3 is 2.80 bits per heavy atom. The van der Waals surface area contributed by atoms with Crippen LogP contribution < -0.4 is 5.32 Å². The van der Waals surface area contributed by atoms with Gasteiger partial charge in [-0.15, -0.1) is 0 Å². The van der Waals surface area contributed by atoms with Crippen molar-refractivity contribution in [2.75, 3.05) is 26.2 Å². The highest BCUT2D eigenvalue weighted by Gasteiger charge is 2.31. The summed E-state index contributed by atoms with van der Waals surface area (Å²) in [6.45, 7) is 8.75. The van der Waals surface area contributed by atoms with E-state index in [1.54, 1.807) is 6.33 Å². The lowest BCUT2D eigenvalue weighted by molar-refractivity contribution is -0.135. The molecule has 20 heavy (non-hydrogen) atoms. The van der Waals surface area contributed by atoms with E-state index >= 15 is 0 Å². The minimum absolute atomic E-state index is 0.114. The second-order valence-electron chi connectivity index (χ2n) is 5.92. The number of H-pyrrole nitrogens is 1. The summed E-state index contributed by atoms with van der Waals surface area (Å²) in [7, 11) is 0. The Morgan fingerprint density at radius 2 is 2.10 bits per heavy atom. The summed E-state index contributed by atoms with van der Waals surface area (Å²) in [6.07, 6.45) is 2.41. The van der Waals surface area contributed by atoms with Crippen LogP contribution in [0.3, 0.4) is 0 Å². The molecule has 1 amide bonds. The lowest BCUT2D eigenvalue weighted by Crippen LogP contribution is -2.56. The smallest absolute Gasteiger partial charge is 0.240 e. The molecule has 1 unspecified atom stereocenters. The Kier molecular flexibility index (Phi) is 3.76. The molecular weight excluding hydrogens is 254 g/mol. The first-order valence-electron chi connectivity index (χ1n) is 7.42. The number of piperazine rings is 1. The lowest BCUT2D eigenvalue weighted by Gasteiger charge is -2.38. The third kappa shape index (κ3) is 2.58. The van der Waals surface area contributed by atoms with Gasteiger partial charge in [-0.2, -0.15) is 0 Å². The minimum Gasteiger partial charge on any atom is -0.347 e. The Balaban J connectivity index is 1.58. The van der Waals surface area contributed by atoms with Crippen molar-refractivity contribution in [2.24, 2.45) is 0 Å². The Bertz CT molecular complexity index is 476. The summed E-state index contributed by atoms with van der Waals surface area (Å²) < 4.78 is 0. The molecule has 0 aliphatic carbocycles. The number of hydrogen-bond acceptors (Lipinski definition) is 4. The Morgan fingerprint density at radius 1 is 1.35 bits per heavy atom. The molecule has 2 aliphatic heterocycles. The van der Waals surface area contributed by atoms with Crippen LogP contribution in [0.4, 0.5) is 0 Å². The van der Waals surface area contributed by atoms with Crippen molar-refractivity contribution >= 4 is 5.91 Å². The maximum Gasteiger partial charge on any atom is 0.240 e. The maximum atomic E-state index is 12.6. The molecule has 1 saturated heterocycles. The molecule has 0 saturated carbocycles. The number of hydrogen-bond donors (Lipinski definition) is 2. The van der Waals surface area contributed by atoms with Crippen molar-refractivity contribution in [1.29, 1.82) is 0 Å². The van der Waals surface area contributed by atoms with Crippen LogP contribution >= 0.6 is 0 Å². The van der Waals surface area contributed by atoms with Crippen LogP contribution in [0.5, 0.6) is 0 Å². The third-order valence-corrected chi connectivity index (χ3v) is 4.38. The van der Waals surface area contributed by atoms with Gasteiger partial charge in [0.2, 0.25) is 5.91 Å². The van der Waals surface area contributed by atoms with Crippen molar-refractivity contribution in [2.45, 2.75) is 38.9 Å².